The lowest BCUT2D eigenvalue weighted by Gasteiger charge is -2.29. The minimum atomic E-state index is -1.52. The van der Waals surface area contributed by atoms with Gasteiger partial charge in [0.25, 0.3) is 0 Å². The fourth-order valence-electron chi connectivity index (χ4n) is 4.16. The SMILES string of the molecule is CC(=O)c1c(O)c(C)c(O)c2c1OC1=CC(=O)C(=C(C)Nc3ccccc3)C(=O)C12C. The molecule has 0 aromatic heterocycles. The van der Waals surface area contributed by atoms with Crippen molar-refractivity contribution in [3.05, 3.63) is 70.1 Å². The molecule has 0 bridgehead atoms. The number of carbonyl (C=O) groups is 3. The van der Waals surface area contributed by atoms with Gasteiger partial charge < -0.3 is 20.3 Å². The average Bonchev–Trinajstić information content (AvgIpc) is 3.00. The third kappa shape index (κ3) is 2.77. The van der Waals surface area contributed by atoms with Crippen molar-refractivity contribution in [1.82, 2.24) is 0 Å². The van der Waals surface area contributed by atoms with Gasteiger partial charge in [-0.05, 0) is 39.8 Å². The van der Waals surface area contributed by atoms with Gasteiger partial charge in [-0.2, -0.15) is 0 Å². The Balaban J connectivity index is 1.94. The van der Waals surface area contributed by atoms with Crippen molar-refractivity contribution in [1.29, 1.82) is 0 Å². The maximum atomic E-state index is 13.7. The van der Waals surface area contributed by atoms with Gasteiger partial charge >= 0.3 is 0 Å². The fourth-order valence-corrected chi connectivity index (χ4v) is 4.16. The third-order valence-electron chi connectivity index (χ3n) is 5.87. The normalized spacial score (nSPS) is 21.1. The van der Waals surface area contributed by atoms with E-state index in [2.05, 4.69) is 5.32 Å². The van der Waals surface area contributed by atoms with Gasteiger partial charge in [0.15, 0.2) is 17.3 Å². The standard InChI is InChI=1S/C24H21NO6/c1-11-20(28)18(13(3)26)22-19(21(11)29)24(4)16(31-22)10-15(27)17(23(24)30)12(2)25-14-8-6-5-7-9-14/h5-10,25,28-29H,1-4H3. The van der Waals surface area contributed by atoms with Crippen molar-refractivity contribution < 1.29 is 29.3 Å². The van der Waals surface area contributed by atoms with Crippen LogP contribution in [0.2, 0.25) is 0 Å². The number of hydrogen-bond donors (Lipinski definition) is 3. The van der Waals surface area contributed by atoms with Crippen LogP contribution in [0.1, 0.15) is 42.3 Å². The van der Waals surface area contributed by atoms with Crippen LogP contribution in [0, 0.1) is 6.92 Å². The lowest BCUT2D eigenvalue weighted by Crippen LogP contribution is -2.40. The summed E-state index contributed by atoms with van der Waals surface area (Å²) >= 11 is 0. The van der Waals surface area contributed by atoms with Crippen LogP contribution in [-0.2, 0) is 15.0 Å². The van der Waals surface area contributed by atoms with E-state index in [1.807, 2.05) is 18.2 Å². The maximum Gasteiger partial charge on any atom is 0.194 e. The minimum absolute atomic E-state index is 0.0107. The van der Waals surface area contributed by atoms with Crippen molar-refractivity contribution in [2.24, 2.45) is 0 Å². The second-order valence-electron chi connectivity index (χ2n) is 7.88. The number of Topliss-reactive ketones (excluding diaryl/α,β-unsaturated/α-hetero) is 2. The summed E-state index contributed by atoms with van der Waals surface area (Å²) in [4.78, 5) is 38.7. The molecule has 1 heterocycles. The molecule has 0 saturated carbocycles. The number of para-hydroxylation sites is 1. The molecule has 0 spiro atoms. The van der Waals surface area contributed by atoms with Crippen molar-refractivity contribution in [2.75, 3.05) is 5.32 Å². The first kappa shape index (κ1) is 20.4. The quantitative estimate of drug-likeness (QED) is 0.395. The number of fused-ring (bicyclic) bond motifs is 3. The number of ketones is 3. The first-order chi connectivity index (χ1) is 14.6. The van der Waals surface area contributed by atoms with E-state index in [1.54, 1.807) is 19.1 Å². The van der Waals surface area contributed by atoms with Crippen LogP contribution < -0.4 is 10.1 Å². The molecule has 2 aromatic carbocycles. The predicted octanol–water partition coefficient (Wildman–Crippen LogP) is 3.68. The zero-order valence-electron chi connectivity index (χ0n) is 17.5. The van der Waals surface area contributed by atoms with Crippen LogP contribution >= 0.6 is 0 Å². The number of nitrogens with one attached hydrogen (secondary N) is 1. The van der Waals surface area contributed by atoms with Gasteiger partial charge in [-0.25, -0.2) is 0 Å². The molecular weight excluding hydrogens is 398 g/mol. The van der Waals surface area contributed by atoms with E-state index in [-0.39, 0.29) is 39.5 Å². The zero-order valence-corrected chi connectivity index (χ0v) is 17.5. The molecule has 0 amide bonds. The molecule has 7 nitrogen and oxygen atoms in total. The molecule has 2 aliphatic rings. The molecule has 4 rings (SSSR count). The van der Waals surface area contributed by atoms with Gasteiger partial charge in [0.1, 0.15) is 34.0 Å². The summed E-state index contributed by atoms with van der Waals surface area (Å²) in [6, 6.07) is 9.09. The Morgan fingerprint density at radius 2 is 1.71 bits per heavy atom. The highest BCUT2D eigenvalue weighted by atomic mass is 16.5. The predicted molar refractivity (Wildman–Crippen MR) is 113 cm³/mol. The summed E-state index contributed by atoms with van der Waals surface area (Å²) in [6.07, 6.45) is 1.20. The Morgan fingerprint density at radius 3 is 2.32 bits per heavy atom. The Hall–Kier alpha value is -3.87. The monoisotopic (exact) mass is 419 g/mol. The highest BCUT2D eigenvalue weighted by Crippen LogP contribution is 2.57. The second-order valence-corrected chi connectivity index (χ2v) is 7.88. The van der Waals surface area contributed by atoms with E-state index in [9.17, 15) is 24.6 Å². The van der Waals surface area contributed by atoms with Crippen LogP contribution in [0.25, 0.3) is 0 Å². The van der Waals surface area contributed by atoms with E-state index in [0.717, 1.165) is 0 Å². The molecule has 1 aliphatic carbocycles. The van der Waals surface area contributed by atoms with Crippen molar-refractivity contribution in [3.8, 4) is 17.2 Å². The molecule has 0 fully saturated rings. The number of hydrogen-bond acceptors (Lipinski definition) is 7. The molecule has 3 N–H and O–H groups in total. The molecule has 158 valence electrons. The van der Waals surface area contributed by atoms with Gasteiger partial charge in [-0.15, -0.1) is 0 Å². The smallest absolute Gasteiger partial charge is 0.194 e. The van der Waals surface area contributed by atoms with E-state index in [0.29, 0.717) is 11.4 Å². The van der Waals surface area contributed by atoms with Crippen LogP contribution in [-0.4, -0.2) is 27.6 Å². The fraction of sp³-hybridized carbons (Fsp3) is 0.208. The van der Waals surface area contributed by atoms with E-state index in [4.69, 9.17) is 4.74 Å². The van der Waals surface area contributed by atoms with Crippen LogP contribution in [0.5, 0.6) is 17.2 Å². The molecule has 0 saturated heterocycles. The summed E-state index contributed by atoms with van der Waals surface area (Å²) in [5, 5.41) is 24.3. The highest BCUT2D eigenvalue weighted by Gasteiger charge is 2.56. The minimum Gasteiger partial charge on any atom is -0.507 e. The number of anilines is 1. The maximum absolute atomic E-state index is 13.7. The first-order valence-electron chi connectivity index (χ1n) is 9.71. The van der Waals surface area contributed by atoms with E-state index < -0.39 is 28.5 Å². The summed E-state index contributed by atoms with van der Waals surface area (Å²) < 4.78 is 5.75. The Kier molecular flexibility index (Phi) is 4.50. The molecule has 7 heteroatoms. The van der Waals surface area contributed by atoms with Gasteiger partial charge in [-0.1, -0.05) is 18.2 Å². The van der Waals surface area contributed by atoms with Crippen LogP contribution in [0.4, 0.5) is 5.69 Å². The molecular formula is C24H21NO6. The Labute approximate surface area is 178 Å². The number of phenolic OH excluding ortho intramolecular Hbond substituents is 2. The largest absolute Gasteiger partial charge is 0.507 e. The summed E-state index contributed by atoms with van der Waals surface area (Å²) in [5.41, 5.74) is -0.532. The van der Waals surface area contributed by atoms with Gasteiger partial charge in [-0.3, -0.25) is 14.4 Å². The summed E-state index contributed by atoms with van der Waals surface area (Å²) in [5.74, 6) is -2.45. The van der Waals surface area contributed by atoms with Crippen molar-refractivity contribution >= 4 is 23.0 Å². The highest BCUT2D eigenvalue weighted by molar-refractivity contribution is 6.31. The van der Waals surface area contributed by atoms with Crippen molar-refractivity contribution in [2.45, 2.75) is 33.1 Å². The van der Waals surface area contributed by atoms with Crippen molar-refractivity contribution in [3.63, 3.8) is 0 Å². The number of rotatable bonds is 3. The summed E-state index contributed by atoms with van der Waals surface area (Å²) in [6.45, 7) is 5.86. The number of benzene rings is 2. The van der Waals surface area contributed by atoms with Gasteiger partial charge in [0.2, 0.25) is 0 Å². The molecule has 1 aliphatic heterocycles. The van der Waals surface area contributed by atoms with E-state index >= 15 is 0 Å². The molecule has 1 atom stereocenters. The first-order valence-corrected chi connectivity index (χ1v) is 9.71. The Bertz CT molecular complexity index is 1240. The molecule has 1 unspecified atom stereocenters. The molecule has 2 aromatic rings. The summed E-state index contributed by atoms with van der Waals surface area (Å²) in [7, 11) is 0. The topological polar surface area (TPSA) is 113 Å². The second kappa shape index (κ2) is 6.84. The van der Waals surface area contributed by atoms with Crippen LogP contribution in [0.3, 0.4) is 0 Å². The van der Waals surface area contributed by atoms with Gasteiger partial charge in [0, 0.05) is 23.0 Å². The zero-order chi connectivity index (χ0) is 22.7. The van der Waals surface area contributed by atoms with E-state index in [1.165, 1.54) is 26.8 Å². The number of aromatic hydroxyl groups is 2. The molecule has 31 heavy (non-hydrogen) atoms. The third-order valence-corrected chi connectivity index (χ3v) is 5.87. The average molecular weight is 419 g/mol. The number of ether oxygens (including phenoxy) is 1. The van der Waals surface area contributed by atoms with Gasteiger partial charge in [0.05, 0.1) is 11.1 Å². The lowest BCUT2D eigenvalue weighted by atomic mass is 9.70. The lowest BCUT2D eigenvalue weighted by molar-refractivity contribution is -0.123. The molecule has 0 radical (unpaired) electrons. The number of allylic oxidation sites excluding steroid dienone is 4. The number of phenols is 2. The number of carbonyl (C=O) groups excluding carboxylic acids is 3. The Morgan fingerprint density at radius 1 is 1.06 bits per heavy atom. The van der Waals surface area contributed by atoms with Crippen LogP contribution in [0.15, 0.2) is 53.4 Å².